The van der Waals surface area contributed by atoms with Crippen molar-refractivity contribution in [3.05, 3.63) is 0 Å². The fourth-order valence-corrected chi connectivity index (χ4v) is 0.740. The van der Waals surface area contributed by atoms with Crippen LogP contribution in [-0.4, -0.2) is 38.4 Å². The molecule has 0 aromatic heterocycles. The molecule has 0 heterocycles. The van der Waals surface area contributed by atoms with Gasteiger partial charge in [0, 0.05) is 6.61 Å². The van der Waals surface area contributed by atoms with Crippen molar-refractivity contribution in [3.8, 4) is 0 Å². The fourth-order valence-electron chi connectivity index (χ4n) is 0.740. The standard InChI is InChI=1S/C9H16O5/c1-3-12-5-6-14-9(11)7-8(10)13-4-2/h3-7H2,1-2H3. The van der Waals surface area contributed by atoms with Gasteiger partial charge in [-0.1, -0.05) is 0 Å². The Bertz CT molecular complexity index is 178. The van der Waals surface area contributed by atoms with Gasteiger partial charge in [0.25, 0.3) is 0 Å². The Labute approximate surface area is 83.3 Å². The summed E-state index contributed by atoms with van der Waals surface area (Å²) in [5.74, 6) is -1.14. The zero-order valence-corrected chi connectivity index (χ0v) is 8.58. The molecule has 0 atom stereocenters. The minimum absolute atomic E-state index is 0.173. The molecule has 0 saturated carbocycles. The van der Waals surface area contributed by atoms with E-state index in [2.05, 4.69) is 4.74 Å². The van der Waals surface area contributed by atoms with Crippen LogP contribution in [0.2, 0.25) is 0 Å². The number of esters is 2. The number of rotatable bonds is 7. The predicted octanol–water partition coefficient (Wildman–Crippen LogP) is 0.519. The molecule has 0 saturated heterocycles. The Morgan fingerprint density at radius 3 is 2.14 bits per heavy atom. The molecule has 0 aliphatic heterocycles. The Morgan fingerprint density at radius 1 is 0.929 bits per heavy atom. The largest absolute Gasteiger partial charge is 0.466 e. The summed E-state index contributed by atoms with van der Waals surface area (Å²) < 4.78 is 14.2. The van der Waals surface area contributed by atoms with Gasteiger partial charge in [0.2, 0.25) is 0 Å². The first-order valence-electron chi connectivity index (χ1n) is 4.59. The van der Waals surface area contributed by atoms with Crippen molar-refractivity contribution in [2.75, 3.05) is 26.4 Å². The highest BCUT2D eigenvalue weighted by atomic mass is 16.6. The highest BCUT2D eigenvalue weighted by molar-refractivity contribution is 5.91. The summed E-state index contributed by atoms with van der Waals surface area (Å²) in [6, 6.07) is 0. The van der Waals surface area contributed by atoms with E-state index in [1.165, 1.54) is 0 Å². The van der Waals surface area contributed by atoms with E-state index in [9.17, 15) is 9.59 Å². The van der Waals surface area contributed by atoms with Gasteiger partial charge < -0.3 is 14.2 Å². The van der Waals surface area contributed by atoms with Crippen LogP contribution in [0, 0.1) is 0 Å². The molecule has 0 N–H and O–H groups in total. The van der Waals surface area contributed by atoms with Crippen LogP contribution in [0.4, 0.5) is 0 Å². The van der Waals surface area contributed by atoms with Gasteiger partial charge in [-0.3, -0.25) is 9.59 Å². The number of ether oxygens (including phenoxy) is 3. The summed E-state index contributed by atoms with van der Waals surface area (Å²) in [6.07, 6.45) is -0.333. The maximum absolute atomic E-state index is 10.9. The summed E-state index contributed by atoms with van der Waals surface area (Å²) in [5, 5.41) is 0. The van der Waals surface area contributed by atoms with Crippen LogP contribution in [0.1, 0.15) is 20.3 Å². The number of carbonyl (C=O) groups excluding carboxylic acids is 2. The van der Waals surface area contributed by atoms with Crippen molar-refractivity contribution in [1.82, 2.24) is 0 Å². The zero-order valence-electron chi connectivity index (χ0n) is 8.58. The van der Waals surface area contributed by atoms with Crippen molar-refractivity contribution >= 4 is 11.9 Å². The van der Waals surface area contributed by atoms with Crippen LogP contribution < -0.4 is 0 Å². The molecular weight excluding hydrogens is 188 g/mol. The summed E-state index contributed by atoms with van der Waals surface area (Å²) >= 11 is 0. The van der Waals surface area contributed by atoms with E-state index in [1.807, 2.05) is 6.92 Å². The molecular formula is C9H16O5. The highest BCUT2D eigenvalue weighted by Gasteiger charge is 2.10. The Balaban J connectivity index is 3.40. The van der Waals surface area contributed by atoms with Gasteiger partial charge >= 0.3 is 11.9 Å². The first-order chi connectivity index (χ1) is 6.70. The van der Waals surface area contributed by atoms with Crippen LogP contribution in [0.25, 0.3) is 0 Å². The van der Waals surface area contributed by atoms with Crippen molar-refractivity contribution in [2.45, 2.75) is 20.3 Å². The maximum Gasteiger partial charge on any atom is 0.317 e. The van der Waals surface area contributed by atoms with Crippen molar-refractivity contribution < 1.29 is 23.8 Å². The van der Waals surface area contributed by atoms with Gasteiger partial charge in [-0.2, -0.15) is 0 Å². The van der Waals surface area contributed by atoms with Crippen LogP contribution in [0.5, 0.6) is 0 Å². The van der Waals surface area contributed by atoms with Gasteiger partial charge in [0.05, 0.1) is 13.2 Å². The second-order valence-electron chi connectivity index (χ2n) is 2.40. The minimum atomic E-state index is -0.580. The minimum Gasteiger partial charge on any atom is -0.466 e. The van der Waals surface area contributed by atoms with E-state index in [0.717, 1.165) is 0 Å². The van der Waals surface area contributed by atoms with E-state index >= 15 is 0 Å². The molecule has 82 valence electrons. The van der Waals surface area contributed by atoms with Crippen LogP contribution in [0.15, 0.2) is 0 Å². The number of hydrogen-bond donors (Lipinski definition) is 0. The van der Waals surface area contributed by atoms with Crippen molar-refractivity contribution in [3.63, 3.8) is 0 Å². The molecule has 0 fully saturated rings. The zero-order chi connectivity index (χ0) is 10.8. The average Bonchev–Trinajstić information content (AvgIpc) is 2.13. The third kappa shape index (κ3) is 7.54. The molecule has 0 aliphatic rings. The third-order valence-electron chi connectivity index (χ3n) is 1.29. The van der Waals surface area contributed by atoms with Gasteiger partial charge in [-0.05, 0) is 13.8 Å². The number of carbonyl (C=O) groups is 2. The molecule has 0 aromatic rings. The summed E-state index contributed by atoms with van der Waals surface area (Å²) in [4.78, 5) is 21.7. The van der Waals surface area contributed by atoms with E-state index in [4.69, 9.17) is 9.47 Å². The molecule has 0 spiro atoms. The molecule has 0 unspecified atom stereocenters. The Hall–Kier alpha value is -1.10. The molecule has 0 aromatic carbocycles. The predicted molar refractivity (Wildman–Crippen MR) is 48.7 cm³/mol. The molecule has 5 heteroatoms. The van der Waals surface area contributed by atoms with Gasteiger partial charge in [0.1, 0.15) is 13.0 Å². The monoisotopic (exact) mass is 204 g/mol. The first kappa shape index (κ1) is 12.9. The molecule has 0 aliphatic carbocycles. The number of hydrogen-bond acceptors (Lipinski definition) is 5. The molecule has 0 bridgehead atoms. The fraction of sp³-hybridized carbons (Fsp3) is 0.778. The molecule has 14 heavy (non-hydrogen) atoms. The van der Waals surface area contributed by atoms with Crippen LogP contribution >= 0.6 is 0 Å². The third-order valence-corrected chi connectivity index (χ3v) is 1.29. The lowest BCUT2D eigenvalue weighted by Gasteiger charge is -2.04. The second kappa shape index (κ2) is 8.50. The van der Waals surface area contributed by atoms with E-state index in [1.54, 1.807) is 6.92 Å². The van der Waals surface area contributed by atoms with E-state index < -0.39 is 11.9 Å². The van der Waals surface area contributed by atoms with Gasteiger partial charge in [-0.25, -0.2) is 0 Å². The summed E-state index contributed by atoms with van der Waals surface area (Å²) in [7, 11) is 0. The smallest absolute Gasteiger partial charge is 0.317 e. The SMILES string of the molecule is CCOCCOC(=O)CC(=O)OCC. The quantitative estimate of drug-likeness (QED) is 0.343. The van der Waals surface area contributed by atoms with Crippen LogP contribution in [0.3, 0.4) is 0 Å². The molecule has 0 rings (SSSR count). The van der Waals surface area contributed by atoms with Crippen molar-refractivity contribution in [2.24, 2.45) is 0 Å². The molecule has 5 nitrogen and oxygen atoms in total. The topological polar surface area (TPSA) is 61.8 Å². The Morgan fingerprint density at radius 2 is 1.57 bits per heavy atom. The lowest BCUT2D eigenvalue weighted by atomic mass is 10.4. The lowest BCUT2D eigenvalue weighted by Crippen LogP contribution is -2.16. The summed E-state index contributed by atoms with van der Waals surface area (Å²) in [6.45, 7) is 4.90. The first-order valence-corrected chi connectivity index (χ1v) is 4.59. The van der Waals surface area contributed by atoms with Crippen molar-refractivity contribution in [1.29, 1.82) is 0 Å². The van der Waals surface area contributed by atoms with Crippen LogP contribution in [-0.2, 0) is 23.8 Å². The van der Waals surface area contributed by atoms with E-state index in [0.29, 0.717) is 13.2 Å². The average molecular weight is 204 g/mol. The highest BCUT2D eigenvalue weighted by Crippen LogP contribution is 1.90. The summed E-state index contributed by atoms with van der Waals surface area (Å²) in [5.41, 5.74) is 0. The van der Waals surface area contributed by atoms with E-state index in [-0.39, 0.29) is 19.6 Å². The maximum atomic E-state index is 10.9. The lowest BCUT2D eigenvalue weighted by molar-refractivity contribution is -0.155. The normalized spacial score (nSPS) is 9.57. The molecule has 0 amide bonds. The molecule has 0 radical (unpaired) electrons. The Kier molecular flexibility index (Phi) is 7.83. The second-order valence-corrected chi connectivity index (χ2v) is 2.40. The van der Waals surface area contributed by atoms with Gasteiger partial charge in [0.15, 0.2) is 0 Å². The van der Waals surface area contributed by atoms with Gasteiger partial charge in [-0.15, -0.1) is 0 Å².